The fourth-order valence-electron chi connectivity index (χ4n) is 3.90. The predicted octanol–water partition coefficient (Wildman–Crippen LogP) is 3.15. The van der Waals surface area contributed by atoms with E-state index in [0.29, 0.717) is 11.4 Å². The molecule has 0 radical (unpaired) electrons. The molecule has 172 valence electrons. The van der Waals surface area contributed by atoms with Crippen molar-refractivity contribution in [3.8, 4) is 11.4 Å². The zero-order chi connectivity index (χ0) is 23.5. The maximum Gasteiger partial charge on any atom is 0.264 e. The van der Waals surface area contributed by atoms with Crippen molar-refractivity contribution in [2.24, 2.45) is 0 Å². The molecule has 1 N–H and O–H groups in total. The number of benzene rings is 3. The molecule has 0 saturated heterocycles. The van der Waals surface area contributed by atoms with Crippen LogP contribution in [0.25, 0.3) is 5.69 Å². The minimum Gasteiger partial charge on any atom is -0.476 e. The molecule has 8 nitrogen and oxygen atoms in total. The second kappa shape index (κ2) is 9.03. The molecule has 0 saturated carbocycles. The number of hydrogen-bond acceptors (Lipinski definition) is 5. The summed E-state index contributed by atoms with van der Waals surface area (Å²) in [5.41, 5.74) is 2.18. The van der Waals surface area contributed by atoms with Gasteiger partial charge in [0.1, 0.15) is 5.75 Å². The number of nitrogens with zero attached hydrogens (tertiary/aromatic N) is 3. The normalized spacial score (nSPS) is 15.3. The number of carbonyl (C=O) groups is 1. The molecule has 3 aromatic carbocycles. The third-order valence-corrected chi connectivity index (χ3v) is 7.38. The van der Waals surface area contributed by atoms with Gasteiger partial charge in [-0.1, -0.05) is 48.5 Å². The van der Waals surface area contributed by atoms with Crippen LogP contribution in [-0.4, -0.2) is 36.5 Å². The number of para-hydroxylation sites is 3. The Morgan fingerprint density at radius 3 is 2.44 bits per heavy atom. The average molecular weight is 475 g/mol. The molecule has 34 heavy (non-hydrogen) atoms. The van der Waals surface area contributed by atoms with E-state index in [-0.39, 0.29) is 18.0 Å². The highest BCUT2D eigenvalue weighted by Crippen LogP contribution is 2.36. The second-order valence-corrected chi connectivity index (χ2v) is 9.60. The maximum atomic E-state index is 13.4. The molecule has 0 aliphatic carbocycles. The summed E-state index contributed by atoms with van der Waals surface area (Å²) in [5.74, 6) is -0.0598. The van der Waals surface area contributed by atoms with Gasteiger partial charge in [0.05, 0.1) is 29.1 Å². The molecule has 0 fully saturated rings. The number of carbonyl (C=O) groups excluding carboxylic acids is 1. The van der Waals surface area contributed by atoms with Gasteiger partial charge in [0.2, 0.25) is 0 Å². The first-order chi connectivity index (χ1) is 16.5. The van der Waals surface area contributed by atoms with Gasteiger partial charge in [0.15, 0.2) is 6.10 Å². The summed E-state index contributed by atoms with van der Waals surface area (Å²) in [4.78, 5) is 17.3. The van der Waals surface area contributed by atoms with Crippen LogP contribution in [0, 0.1) is 0 Å². The molecule has 0 spiro atoms. The number of ether oxygens (including phenoxy) is 1. The van der Waals surface area contributed by atoms with Crippen molar-refractivity contribution in [2.45, 2.75) is 17.5 Å². The SMILES string of the molecule is O=C(NCc1ccccc1-n1ccnc1)[C@H]1CN(S(=O)(=O)c2ccccc2)c2ccccc2O1. The third-order valence-electron chi connectivity index (χ3n) is 5.59. The predicted molar refractivity (Wildman–Crippen MR) is 127 cm³/mol. The summed E-state index contributed by atoms with van der Waals surface area (Å²) >= 11 is 0. The smallest absolute Gasteiger partial charge is 0.264 e. The minimum absolute atomic E-state index is 0.136. The number of nitrogens with one attached hydrogen (secondary N) is 1. The summed E-state index contributed by atoms with van der Waals surface area (Å²) in [5, 5.41) is 2.89. The fraction of sp³-hybridized carbons (Fsp3) is 0.120. The first-order valence-electron chi connectivity index (χ1n) is 10.7. The topological polar surface area (TPSA) is 93.5 Å². The lowest BCUT2D eigenvalue weighted by Crippen LogP contribution is -2.50. The van der Waals surface area contributed by atoms with E-state index in [9.17, 15) is 13.2 Å². The highest BCUT2D eigenvalue weighted by Gasteiger charge is 2.37. The number of anilines is 1. The van der Waals surface area contributed by atoms with Gasteiger partial charge in [-0.05, 0) is 35.9 Å². The average Bonchev–Trinajstić information content (AvgIpc) is 3.42. The molecule has 1 aromatic heterocycles. The van der Waals surface area contributed by atoms with Crippen molar-refractivity contribution >= 4 is 21.6 Å². The number of rotatable bonds is 6. The molecule has 5 rings (SSSR count). The number of hydrogen-bond donors (Lipinski definition) is 1. The Bertz CT molecular complexity index is 1410. The van der Waals surface area contributed by atoms with Gasteiger partial charge in [-0.25, -0.2) is 13.4 Å². The van der Waals surface area contributed by atoms with Crippen LogP contribution in [0.1, 0.15) is 5.56 Å². The monoisotopic (exact) mass is 474 g/mol. The van der Waals surface area contributed by atoms with Gasteiger partial charge in [-0.3, -0.25) is 9.10 Å². The van der Waals surface area contributed by atoms with Crippen LogP contribution < -0.4 is 14.4 Å². The summed E-state index contributed by atoms with van der Waals surface area (Å²) in [6.45, 7) is 0.114. The van der Waals surface area contributed by atoms with Crippen LogP contribution in [0.5, 0.6) is 5.75 Å². The van der Waals surface area contributed by atoms with Crippen LogP contribution in [-0.2, 0) is 21.4 Å². The number of aromatic nitrogens is 2. The van der Waals surface area contributed by atoms with Crippen molar-refractivity contribution < 1.29 is 17.9 Å². The summed E-state index contributed by atoms with van der Waals surface area (Å²) in [7, 11) is -3.88. The second-order valence-electron chi connectivity index (χ2n) is 7.74. The van der Waals surface area contributed by atoms with Gasteiger partial charge in [-0.2, -0.15) is 0 Å². The third kappa shape index (κ3) is 4.13. The Hall–Kier alpha value is -4.11. The Morgan fingerprint density at radius 1 is 0.971 bits per heavy atom. The zero-order valence-electron chi connectivity index (χ0n) is 18.1. The molecule has 0 bridgehead atoms. The van der Waals surface area contributed by atoms with Crippen LogP contribution in [0.15, 0.2) is 102 Å². The fourth-order valence-corrected chi connectivity index (χ4v) is 5.39. The van der Waals surface area contributed by atoms with Gasteiger partial charge >= 0.3 is 0 Å². The van der Waals surface area contributed by atoms with Crippen LogP contribution >= 0.6 is 0 Å². The van der Waals surface area contributed by atoms with Crippen molar-refractivity contribution in [2.75, 3.05) is 10.8 Å². The molecule has 4 aromatic rings. The van der Waals surface area contributed by atoms with Crippen LogP contribution in [0.3, 0.4) is 0 Å². The quantitative estimate of drug-likeness (QED) is 0.463. The molecule has 1 atom stereocenters. The molecule has 1 amide bonds. The number of fused-ring (bicyclic) bond motifs is 1. The van der Waals surface area contributed by atoms with E-state index in [1.54, 1.807) is 55.0 Å². The van der Waals surface area contributed by atoms with Crippen molar-refractivity contribution in [1.82, 2.24) is 14.9 Å². The standard InChI is InChI=1S/C25H22N4O4S/c30-25(27-16-19-8-4-5-11-21(19)28-15-14-26-18-28)24-17-29(22-12-6-7-13-23(22)33-24)34(31,32)20-9-2-1-3-10-20/h1-15,18,24H,16-17H2,(H,27,30)/t24-/m1/s1. The van der Waals surface area contributed by atoms with Gasteiger partial charge in [-0.15, -0.1) is 0 Å². The lowest BCUT2D eigenvalue weighted by Gasteiger charge is -2.34. The first kappa shape index (κ1) is 21.7. The first-order valence-corrected chi connectivity index (χ1v) is 12.2. The molecule has 1 aliphatic rings. The number of amides is 1. The van der Waals surface area contributed by atoms with E-state index in [1.807, 2.05) is 35.0 Å². The summed E-state index contributed by atoms with van der Waals surface area (Å²) in [6, 6.07) is 22.6. The van der Waals surface area contributed by atoms with Gasteiger partial charge in [0, 0.05) is 18.9 Å². The van der Waals surface area contributed by atoms with Crippen LogP contribution in [0.2, 0.25) is 0 Å². The molecule has 2 heterocycles. The largest absolute Gasteiger partial charge is 0.476 e. The van der Waals surface area contributed by atoms with E-state index in [2.05, 4.69) is 10.3 Å². The Labute approximate surface area is 197 Å². The highest BCUT2D eigenvalue weighted by molar-refractivity contribution is 7.92. The van der Waals surface area contributed by atoms with Gasteiger partial charge < -0.3 is 14.6 Å². The van der Waals surface area contributed by atoms with E-state index in [1.165, 1.54) is 16.4 Å². The summed E-state index contributed by atoms with van der Waals surface area (Å²) in [6.07, 6.45) is 4.20. The maximum absolute atomic E-state index is 13.4. The van der Waals surface area contributed by atoms with E-state index in [0.717, 1.165) is 11.3 Å². The Morgan fingerprint density at radius 2 is 1.68 bits per heavy atom. The lowest BCUT2D eigenvalue weighted by atomic mass is 10.1. The molecule has 0 unspecified atom stereocenters. The van der Waals surface area contributed by atoms with Gasteiger partial charge in [0.25, 0.3) is 15.9 Å². The van der Waals surface area contributed by atoms with E-state index >= 15 is 0 Å². The number of sulfonamides is 1. The minimum atomic E-state index is -3.88. The Kier molecular flexibility index (Phi) is 5.77. The summed E-state index contributed by atoms with van der Waals surface area (Å²) < 4.78 is 35.8. The van der Waals surface area contributed by atoms with Crippen LogP contribution in [0.4, 0.5) is 5.69 Å². The van der Waals surface area contributed by atoms with E-state index in [4.69, 9.17) is 4.74 Å². The number of imidazole rings is 1. The molecule has 9 heteroatoms. The molecular formula is C25H22N4O4S. The van der Waals surface area contributed by atoms with Crippen molar-refractivity contribution in [3.05, 3.63) is 103 Å². The van der Waals surface area contributed by atoms with E-state index < -0.39 is 22.0 Å². The van der Waals surface area contributed by atoms with Crippen molar-refractivity contribution in [1.29, 1.82) is 0 Å². The van der Waals surface area contributed by atoms with Crippen molar-refractivity contribution in [3.63, 3.8) is 0 Å². The lowest BCUT2D eigenvalue weighted by molar-refractivity contribution is -0.127. The molecule has 1 aliphatic heterocycles. The highest BCUT2D eigenvalue weighted by atomic mass is 32.2. The Balaban J connectivity index is 1.39. The molecular weight excluding hydrogens is 452 g/mol. The zero-order valence-corrected chi connectivity index (χ0v) is 18.9.